The fourth-order valence-corrected chi connectivity index (χ4v) is 4.10. The number of aromatic nitrogens is 2. The van der Waals surface area contributed by atoms with Gasteiger partial charge in [0, 0.05) is 11.8 Å². The van der Waals surface area contributed by atoms with E-state index in [2.05, 4.69) is 11.1 Å². The van der Waals surface area contributed by atoms with Crippen molar-refractivity contribution < 1.29 is 5.11 Å². The number of thioether (sulfide) groups is 1. The van der Waals surface area contributed by atoms with Crippen LogP contribution in [0.3, 0.4) is 0 Å². The lowest BCUT2D eigenvalue weighted by Crippen LogP contribution is -2.25. The molecule has 0 radical (unpaired) electrons. The van der Waals surface area contributed by atoms with Crippen LogP contribution in [0.2, 0.25) is 0 Å². The topological polar surface area (TPSA) is 78.9 Å². The van der Waals surface area contributed by atoms with Crippen molar-refractivity contribution in [1.82, 2.24) is 9.55 Å². The van der Waals surface area contributed by atoms with E-state index >= 15 is 0 Å². The smallest absolute Gasteiger partial charge is 0.258 e. The minimum Gasteiger partial charge on any atom is -0.493 e. The van der Waals surface area contributed by atoms with Gasteiger partial charge in [0.1, 0.15) is 0 Å². The van der Waals surface area contributed by atoms with Gasteiger partial charge >= 0.3 is 0 Å². The van der Waals surface area contributed by atoms with E-state index in [9.17, 15) is 9.90 Å². The molecular formula is C18H19N3O2S. The Morgan fingerprint density at radius 1 is 1.38 bits per heavy atom. The molecule has 1 aliphatic carbocycles. The molecule has 1 aliphatic rings. The van der Waals surface area contributed by atoms with E-state index in [1.165, 1.54) is 17.8 Å². The molecule has 0 unspecified atom stereocenters. The second-order valence-corrected chi connectivity index (χ2v) is 7.04. The largest absolute Gasteiger partial charge is 0.493 e. The molecule has 24 heavy (non-hydrogen) atoms. The Hall–Kier alpha value is -2.26. The molecule has 0 bridgehead atoms. The van der Waals surface area contributed by atoms with Crippen LogP contribution in [-0.2, 0) is 5.75 Å². The van der Waals surface area contributed by atoms with Gasteiger partial charge in [-0.1, -0.05) is 36.7 Å². The van der Waals surface area contributed by atoms with Gasteiger partial charge in [0.05, 0.1) is 17.7 Å². The first-order chi connectivity index (χ1) is 11.6. The van der Waals surface area contributed by atoms with Crippen molar-refractivity contribution in [3.63, 3.8) is 0 Å². The summed E-state index contributed by atoms with van der Waals surface area (Å²) in [4.78, 5) is 16.5. The van der Waals surface area contributed by atoms with E-state index in [0.29, 0.717) is 16.5 Å². The van der Waals surface area contributed by atoms with Gasteiger partial charge in [0.2, 0.25) is 5.88 Å². The molecule has 0 spiro atoms. The minimum atomic E-state index is -0.238. The highest BCUT2D eigenvalue weighted by molar-refractivity contribution is 7.98. The third-order valence-corrected chi connectivity index (χ3v) is 5.41. The first-order valence-electron chi connectivity index (χ1n) is 8.03. The van der Waals surface area contributed by atoms with E-state index in [0.717, 1.165) is 36.8 Å². The van der Waals surface area contributed by atoms with Gasteiger partial charge < -0.3 is 5.11 Å². The third kappa shape index (κ3) is 3.46. The van der Waals surface area contributed by atoms with Crippen molar-refractivity contribution in [2.75, 3.05) is 0 Å². The highest BCUT2D eigenvalue weighted by Crippen LogP contribution is 2.32. The summed E-state index contributed by atoms with van der Waals surface area (Å²) in [5, 5.41) is 19.4. The van der Waals surface area contributed by atoms with Gasteiger partial charge in [-0.25, -0.2) is 0 Å². The molecule has 1 saturated carbocycles. The summed E-state index contributed by atoms with van der Waals surface area (Å²) < 4.78 is 1.72. The first kappa shape index (κ1) is 16.6. The molecule has 1 heterocycles. The third-order valence-electron chi connectivity index (χ3n) is 4.39. The molecule has 1 aromatic carbocycles. The van der Waals surface area contributed by atoms with Crippen LogP contribution >= 0.6 is 11.8 Å². The maximum Gasteiger partial charge on any atom is 0.258 e. The predicted octanol–water partition coefficient (Wildman–Crippen LogP) is 3.54. The summed E-state index contributed by atoms with van der Waals surface area (Å²) in [6.07, 6.45) is 4.18. The predicted molar refractivity (Wildman–Crippen MR) is 93.1 cm³/mol. The van der Waals surface area contributed by atoms with Crippen LogP contribution in [0.1, 0.15) is 48.4 Å². The molecule has 0 aliphatic heterocycles. The normalized spacial score (nSPS) is 14.7. The SMILES string of the molecule is Cc1ccc(CSc2nc(O)cc(=O)n2C2CCCC2)cc1C#N. The number of aromatic hydroxyl groups is 1. The number of aryl methyl sites for hydroxylation is 1. The van der Waals surface area contributed by atoms with Crippen molar-refractivity contribution in [2.45, 2.75) is 49.6 Å². The second kappa shape index (κ2) is 7.10. The van der Waals surface area contributed by atoms with Crippen molar-refractivity contribution in [3.8, 4) is 11.9 Å². The molecule has 0 amide bonds. The number of nitrogens with zero attached hydrogens (tertiary/aromatic N) is 3. The average Bonchev–Trinajstić information content (AvgIpc) is 3.07. The van der Waals surface area contributed by atoms with Crippen LogP contribution in [0.5, 0.6) is 5.88 Å². The molecule has 5 nitrogen and oxygen atoms in total. The Labute approximate surface area is 145 Å². The van der Waals surface area contributed by atoms with Crippen molar-refractivity contribution >= 4 is 11.8 Å². The van der Waals surface area contributed by atoms with Crippen LogP contribution in [0.25, 0.3) is 0 Å². The average molecular weight is 341 g/mol. The van der Waals surface area contributed by atoms with Gasteiger partial charge in [0.15, 0.2) is 5.16 Å². The van der Waals surface area contributed by atoms with E-state index in [4.69, 9.17) is 5.26 Å². The Balaban J connectivity index is 1.87. The van der Waals surface area contributed by atoms with E-state index in [1.54, 1.807) is 4.57 Å². The number of rotatable bonds is 4. The summed E-state index contributed by atoms with van der Waals surface area (Å²) >= 11 is 1.42. The molecule has 1 aromatic heterocycles. The zero-order chi connectivity index (χ0) is 17.1. The molecule has 124 valence electrons. The summed E-state index contributed by atoms with van der Waals surface area (Å²) in [5.74, 6) is 0.357. The minimum absolute atomic E-state index is 0.167. The van der Waals surface area contributed by atoms with E-state index < -0.39 is 0 Å². The quantitative estimate of drug-likeness (QED) is 0.680. The van der Waals surface area contributed by atoms with Crippen LogP contribution in [0.15, 0.2) is 34.2 Å². The van der Waals surface area contributed by atoms with Crippen LogP contribution in [-0.4, -0.2) is 14.7 Å². The first-order valence-corrected chi connectivity index (χ1v) is 9.02. The van der Waals surface area contributed by atoms with Gasteiger partial charge in [-0.3, -0.25) is 9.36 Å². The Bertz CT molecular complexity index is 848. The summed E-state index contributed by atoms with van der Waals surface area (Å²) in [7, 11) is 0. The Kier molecular flexibility index (Phi) is 4.91. The van der Waals surface area contributed by atoms with Gasteiger partial charge in [-0.15, -0.1) is 0 Å². The maximum absolute atomic E-state index is 12.3. The number of hydrogen-bond acceptors (Lipinski definition) is 5. The van der Waals surface area contributed by atoms with E-state index in [1.807, 2.05) is 25.1 Å². The lowest BCUT2D eigenvalue weighted by molar-refractivity contribution is 0.406. The molecule has 6 heteroatoms. The molecule has 0 atom stereocenters. The van der Waals surface area contributed by atoms with Gasteiger partial charge in [-0.05, 0) is 37.0 Å². The maximum atomic E-state index is 12.3. The monoisotopic (exact) mass is 341 g/mol. The second-order valence-electron chi connectivity index (χ2n) is 6.09. The molecular weight excluding hydrogens is 322 g/mol. The fraction of sp³-hybridized carbons (Fsp3) is 0.389. The van der Waals surface area contributed by atoms with Crippen molar-refractivity contribution in [1.29, 1.82) is 5.26 Å². The Morgan fingerprint density at radius 3 is 2.83 bits per heavy atom. The fourth-order valence-electron chi connectivity index (χ4n) is 3.09. The zero-order valence-corrected chi connectivity index (χ0v) is 14.3. The van der Waals surface area contributed by atoms with Crippen LogP contribution in [0.4, 0.5) is 0 Å². The van der Waals surface area contributed by atoms with Gasteiger partial charge in [0.25, 0.3) is 5.56 Å². The lowest BCUT2D eigenvalue weighted by Gasteiger charge is -2.17. The molecule has 1 N–H and O–H groups in total. The van der Waals surface area contributed by atoms with E-state index in [-0.39, 0.29) is 17.5 Å². The standard InChI is InChI=1S/C18H19N3O2S/c1-12-6-7-13(8-14(12)10-19)11-24-18-20-16(22)9-17(23)21(18)15-4-2-3-5-15/h6-9,15,22H,2-5,11H2,1H3. The molecule has 3 rings (SSSR count). The van der Waals surface area contributed by atoms with Crippen LogP contribution in [0, 0.1) is 18.3 Å². The zero-order valence-electron chi connectivity index (χ0n) is 13.5. The Morgan fingerprint density at radius 2 is 2.12 bits per heavy atom. The molecule has 1 fully saturated rings. The number of hydrogen-bond donors (Lipinski definition) is 1. The number of benzene rings is 1. The van der Waals surface area contributed by atoms with Crippen molar-refractivity contribution in [3.05, 3.63) is 51.3 Å². The van der Waals surface area contributed by atoms with Crippen LogP contribution < -0.4 is 5.56 Å². The summed E-state index contributed by atoms with van der Waals surface area (Å²) in [5.41, 5.74) is 2.41. The molecule has 2 aromatic rings. The number of nitriles is 1. The molecule has 0 saturated heterocycles. The highest BCUT2D eigenvalue weighted by Gasteiger charge is 2.22. The summed E-state index contributed by atoms with van der Waals surface area (Å²) in [6, 6.07) is 9.30. The lowest BCUT2D eigenvalue weighted by atomic mass is 10.1. The van der Waals surface area contributed by atoms with Crippen molar-refractivity contribution in [2.24, 2.45) is 0 Å². The highest BCUT2D eigenvalue weighted by atomic mass is 32.2. The van der Waals surface area contributed by atoms with Gasteiger partial charge in [-0.2, -0.15) is 10.2 Å². The summed E-state index contributed by atoms with van der Waals surface area (Å²) in [6.45, 7) is 1.91.